The zero-order valence-corrected chi connectivity index (χ0v) is 15.3. The van der Waals surface area contributed by atoms with Crippen molar-refractivity contribution in [2.45, 2.75) is 18.0 Å². The molecule has 0 unspecified atom stereocenters. The number of sulfonamides is 1. The van der Waals surface area contributed by atoms with E-state index in [9.17, 15) is 21.6 Å². The molecule has 3 rings (SSSR count). The first-order valence-electron chi connectivity index (χ1n) is 7.95. The molecule has 3 N–H and O–H groups in total. The third-order valence-electron chi connectivity index (χ3n) is 4.00. The van der Waals surface area contributed by atoms with Gasteiger partial charge in [-0.1, -0.05) is 6.07 Å². The minimum absolute atomic E-state index is 0.0703. The van der Waals surface area contributed by atoms with Gasteiger partial charge in [-0.3, -0.25) is 4.98 Å². The molecule has 2 heterocycles. The summed E-state index contributed by atoms with van der Waals surface area (Å²) in [5.74, 6) is 0.160. The highest BCUT2D eigenvalue weighted by molar-refractivity contribution is 7.89. The average Bonchev–Trinajstić information content (AvgIpc) is 2.61. The van der Waals surface area contributed by atoms with E-state index in [4.69, 9.17) is 5.14 Å². The van der Waals surface area contributed by atoms with Crippen molar-refractivity contribution in [3.05, 3.63) is 66.0 Å². The Balaban J connectivity index is 2.10. The molecule has 10 heteroatoms. The number of anilines is 2. The first-order chi connectivity index (χ1) is 13.1. The molecule has 146 valence electrons. The van der Waals surface area contributed by atoms with Crippen LogP contribution in [0.2, 0.25) is 0 Å². The number of halogens is 3. The monoisotopic (exact) mass is 408 g/mol. The smallest absolute Gasteiger partial charge is 0.340 e. The molecule has 2 aromatic heterocycles. The van der Waals surface area contributed by atoms with E-state index >= 15 is 0 Å². The van der Waals surface area contributed by atoms with Crippen LogP contribution in [-0.2, 0) is 16.2 Å². The fourth-order valence-corrected chi connectivity index (χ4v) is 3.51. The van der Waals surface area contributed by atoms with Gasteiger partial charge < -0.3 is 5.32 Å². The van der Waals surface area contributed by atoms with Gasteiger partial charge in [0, 0.05) is 23.6 Å². The number of hydrogen-bond acceptors (Lipinski definition) is 5. The van der Waals surface area contributed by atoms with Crippen molar-refractivity contribution in [2.75, 3.05) is 5.32 Å². The second-order valence-corrected chi connectivity index (χ2v) is 7.46. The Hall–Kier alpha value is -2.98. The first kappa shape index (κ1) is 19.8. The molecule has 6 nitrogen and oxygen atoms in total. The molecule has 0 aliphatic carbocycles. The zero-order chi connectivity index (χ0) is 20.5. The molecule has 0 bridgehead atoms. The quantitative estimate of drug-likeness (QED) is 0.683. The summed E-state index contributed by atoms with van der Waals surface area (Å²) >= 11 is 0. The highest BCUT2D eigenvalue weighted by atomic mass is 32.2. The maximum absolute atomic E-state index is 12.7. The second-order valence-electron chi connectivity index (χ2n) is 5.93. The van der Waals surface area contributed by atoms with Crippen LogP contribution in [0.25, 0.3) is 11.3 Å². The zero-order valence-electron chi connectivity index (χ0n) is 14.5. The average molecular weight is 408 g/mol. The lowest BCUT2D eigenvalue weighted by Gasteiger charge is -2.16. The third kappa shape index (κ3) is 4.12. The molecule has 0 amide bonds. The van der Waals surface area contributed by atoms with E-state index in [1.807, 2.05) is 0 Å². The van der Waals surface area contributed by atoms with Crippen LogP contribution in [0, 0.1) is 6.92 Å². The number of nitrogens with one attached hydrogen (secondary N) is 1. The lowest BCUT2D eigenvalue weighted by molar-refractivity contribution is -0.137. The summed E-state index contributed by atoms with van der Waals surface area (Å²) in [6.45, 7) is 1.58. The normalized spacial score (nSPS) is 12.0. The molecule has 0 fully saturated rings. The minimum atomic E-state index is -4.49. The number of aromatic nitrogens is 2. The van der Waals surface area contributed by atoms with Gasteiger partial charge in [-0.05, 0) is 48.9 Å². The molecule has 3 aromatic rings. The molecular weight excluding hydrogens is 393 g/mol. The van der Waals surface area contributed by atoms with Crippen LogP contribution < -0.4 is 10.5 Å². The van der Waals surface area contributed by atoms with E-state index in [0.29, 0.717) is 28.7 Å². The van der Waals surface area contributed by atoms with Crippen LogP contribution in [0.4, 0.5) is 24.7 Å². The lowest BCUT2D eigenvalue weighted by atomic mass is 10.0. The first-order valence-corrected chi connectivity index (χ1v) is 9.50. The fourth-order valence-electron chi connectivity index (χ4n) is 2.72. The highest BCUT2D eigenvalue weighted by Crippen LogP contribution is 2.35. The molecule has 0 spiro atoms. The van der Waals surface area contributed by atoms with E-state index in [2.05, 4.69) is 15.3 Å². The molecule has 0 saturated carbocycles. The highest BCUT2D eigenvalue weighted by Gasteiger charge is 2.30. The van der Waals surface area contributed by atoms with Crippen molar-refractivity contribution in [1.82, 2.24) is 9.97 Å². The van der Waals surface area contributed by atoms with Crippen molar-refractivity contribution in [3.8, 4) is 11.3 Å². The maximum atomic E-state index is 12.7. The van der Waals surface area contributed by atoms with Gasteiger partial charge in [-0.2, -0.15) is 13.2 Å². The van der Waals surface area contributed by atoms with Crippen molar-refractivity contribution >= 4 is 21.5 Å². The SMILES string of the molecule is Cc1c(S(N)(=O)=O)ccc(Nc2ccc(C(F)(F)F)cn2)c1-c1ccccn1. The number of nitrogens with two attached hydrogens (primary N) is 1. The van der Waals surface area contributed by atoms with Gasteiger partial charge in [0.1, 0.15) is 5.82 Å². The van der Waals surface area contributed by atoms with Crippen LogP contribution in [0.15, 0.2) is 59.8 Å². The summed E-state index contributed by atoms with van der Waals surface area (Å²) in [6.07, 6.45) is -2.23. The molecule has 0 aliphatic rings. The Kier molecular flexibility index (Phi) is 5.09. The summed E-state index contributed by atoms with van der Waals surface area (Å²) in [6, 6.07) is 9.99. The topological polar surface area (TPSA) is 98.0 Å². The molecule has 0 atom stereocenters. The summed E-state index contributed by atoms with van der Waals surface area (Å²) in [7, 11) is -3.97. The predicted octanol–water partition coefficient (Wildman–Crippen LogP) is 3.86. The Morgan fingerprint density at radius 1 is 1.04 bits per heavy atom. The number of benzene rings is 1. The molecule has 28 heavy (non-hydrogen) atoms. The fraction of sp³-hybridized carbons (Fsp3) is 0.111. The van der Waals surface area contributed by atoms with Crippen molar-refractivity contribution in [1.29, 1.82) is 0 Å². The Morgan fingerprint density at radius 3 is 2.32 bits per heavy atom. The number of nitrogens with zero attached hydrogens (tertiary/aromatic N) is 2. The largest absolute Gasteiger partial charge is 0.417 e. The standard InChI is InChI=1S/C18H15F3N4O2S/c1-11-15(28(22,26)27)7-6-14(17(11)13-4-2-3-9-23-13)25-16-8-5-12(10-24-16)18(19,20)21/h2-10H,1H3,(H,24,25)(H2,22,26,27). The van der Waals surface area contributed by atoms with E-state index in [1.54, 1.807) is 31.3 Å². The maximum Gasteiger partial charge on any atom is 0.417 e. The van der Waals surface area contributed by atoms with Gasteiger partial charge in [-0.15, -0.1) is 0 Å². The van der Waals surface area contributed by atoms with Gasteiger partial charge in [-0.25, -0.2) is 18.5 Å². The van der Waals surface area contributed by atoms with Crippen molar-refractivity contribution in [2.24, 2.45) is 5.14 Å². The van der Waals surface area contributed by atoms with Gasteiger partial charge in [0.2, 0.25) is 10.0 Å². The Labute approximate surface area is 159 Å². The van der Waals surface area contributed by atoms with Gasteiger partial charge in [0.05, 0.1) is 16.2 Å². The second kappa shape index (κ2) is 7.21. The van der Waals surface area contributed by atoms with Crippen LogP contribution in [-0.4, -0.2) is 18.4 Å². The van der Waals surface area contributed by atoms with Gasteiger partial charge >= 0.3 is 6.18 Å². The predicted molar refractivity (Wildman–Crippen MR) is 98.3 cm³/mol. The molecule has 0 aliphatic heterocycles. The van der Waals surface area contributed by atoms with E-state index in [0.717, 1.165) is 6.07 Å². The van der Waals surface area contributed by atoms with Crippen molar-refractivity contribution < 1.29 is 21.6 Å². The van der Waals surface area contributed by atoms with Crippen LogP contribution in [0.5, 0.6) is 0 Å². The number of rotatable bonds is 4. The van der Waals surface area contributed by atoms with Crippen LogP contribution in [0.3, 0.4) is 0 Å². The van der Waals surface area contributed by atoms with E-state index in [-0.39, 0.29) is 10.7 Å². The number of pyridine rings is 2. The van der Waals surface area contributed by atoms with Crippen LogP contribution in [0.1, 0.15) is 11.1 Å². The van der Waals surface area contributed by atoms with Gasteiger partial charge in [0.15, 0.2) is 0 Å². The number of hydrogen-bond donors (Lipinski definition) is 2. The van der Waals surface area contributed by atoms with Crippen LogP contribution >= 0.6 is 0 Å². The number of primary sulfonamides is 1. The molecule has 1 aromatic carbocycles. The Morgan fingerprint density at radius 2 is 1.79 bits per heavy atom. The number of alkyl halides is 3. The summed E-state index contributed by atoms with van der Waals surface area (Å²) in [5.41, 5.74) is 0.839. The van der Waals surface area contributed by atoms with E-state index in [1.165, 1.54) is 18.2 Å². The Bertz CT molecular complexity index is 1100. The third-order valence-corrected chi connectivity index (χ3v) is 5.05. The molecule has 0 radical (unpaired) electrons. The summed E-state index contributed by atoms with van der Waals surface area (Å²) in [4.78, 5) is 7.95. The molecular formula is C18H15F3N4O2S. The summed E-state index contributed by atoms with van der Waals surface area (Å²) in [5, 5.41) is 8.19. The minimum Gasteiger partial charge on any atom is -0.340 e. The van der Waals surface area contributed by atoms with Gasteiger partial charge in [0.25, 0.3) is 0 Å². The van der Waals surface area contributed by atoms with Crippen molar-refractivity contribution in [3.63, 3.8) is 0 Å². The molecule has 0 saturated heterocycles. The van der Waals surface area contributed by atoms with E-state index < -0.39 is 21.8 Å². The lowest BCUT2D eigenvalue weighted by Crippen LogP contribution is -2.14. The summed E-state index contributed by atoms with van der Waals surface area (Å²) < 4.78 is 61.8.